The summed E-state index contributed by atoms with van der Waals surface area (Å²) < 4.78 is 0. The predicted octanol–water partition coefficient (Wildman–Crippen LogP) is 1.19. The minimum absolute atomic E-state index is 0.0575. The van der Waals surface area contributed by atoms with E-state index in [0.717, 1.165) is 25.5 Å². The van der Waals surface area contributed by atoms with E-state index in [9.17, 15) is 4.79 Å². The van der Waals surface area contributed by atoms with Gasteiger partial charge in [-0.25, -0.2) is 0 Å². The summed E-state index contributed by atoms with van der Waals surface area (Å²) in [7, 11) is 0. The Kier molecular flexibility index (Phi) is 5.12. The molecule has 1 amide bonds. The zero-order valence-electron chi connectivity index (χ0n) is 13.1. The Morgan fingerprint density at radius 2 is 1.90 bits per heavy atom. The Bertz CT molecular complexity index is 460. The van der Waals surface area contributed by atoms with E-state index in [1.54, 1.807) is 6.07 Å². The van der Waals surface area contributed by atoms with Gasteiger partial charge in [0.25, 0.3) is 5.91 Å². The largest absolute Gasteiger partial charge is 0.355 e. The van der Waals surface area contributed by atoms with E-state index in [-0.39, 0.29) is 11.4 Å². The lowest BCUT2D eigenvalue weighted by Gasteiger charge is -2.20. The molecule has 2 rings (SSSR count). The summed E-state index contributed by atoms with van der Waals surface area (Å²) in [5.41, 5.74) is 0.427. The first-order chi connectivity index (χ1) is 9.96. The summed E-state index contributed by atoms with van der Waals surface area (Å²) in [6.07, 6.45) is 2.40. The van der Waals surface area contributed by atoms with Crippen molar-refractivity contribution in [2.75, 3.05) is 31.1 Å². The molecule has 2 N–H and O–H groups in total. The van der Waals surface area contributed by atoms with Crippen LogP contribution in [0.5, 0.6) is 0 Å². The smallest absolute Gasteiger partial charge is 0.271 e. The van der Waals surface area contributed by atoms with E-state index in [0.29, 0.717) is 12.2 Å². The third-order valence-electron chi connectivity index (χ3n) is 3.38. The molecule has 0 atom stereocenters. The molecule has 2 heterocycles. The fourth-order valence-electron chi connectivity index (χ4n) is 2.27. The van der Waals surface area contributed by atoms with Crippen molar-refractivity contribution in [2.24, 2.45) is 0 Å². The van der Waals surface area contributed by atoms with Crippen molar-refractivity contribution in [3.63, 3.8) is 0 Å². The normalized spacial score (nSPS) is 15.3. The maximum atomic E-state index is 11.9. The average molecular weight is 291 g/mol. The van der Waals surface area contributed by atoms with Crippen molar-refractivity contribution in [3.8, 4) is 0 Å². The molecule has 116 valence electrons. The van der Waals surface area contributed by atoms with Gasteiger partial charge >= 0.3 is 0 Å². The zero-order chi connectivity index (χ0) is 15.3. The minimum Gasteiger partial charge on any atom is -0.355 e. The Balaban J connectivity index is 1.79. The summed E-state index contributed by atoms with van der Waals surface area (Å²) in [5, 5.41) is 14.3. The van der Waals surface area contributed by atoms with Gasteiger partial charge in [-0.15, -0.1) is 10.2 Å². The molecule has 1 fully saturated rings. The molecule has 1 saturated heterocycles. The molecular weight excluding hydrogens is 266 g/mol. The molecule has 0 unspecified atom stereocenters. The number of hydrogen-bond acceptors (Lipinski definition) is 5. The lowest BCUT2D eigenvalue weighted by atomic mass is 10.1. The van der Waals surface area contributed by atoms with E-state index in [4.69, 9.17) is 0 Å². The molecule has 1 aromatic rings. The summed E-state index contributed by atoms with van der Waals surface area (Å²) in [6, 6.07) is 3.62. The van der Waals surface area contributed by atoms with Crippen LogP contribution in [0.1, 0.15) is 44.1 Å². The molecule has 21 heavy (non-hydrogen) atoms. The van der Waals surface area contributed by atoms with Crippen LogP contribution < -0.4 is 15.5 Å². The van der Waals surface area contributed by atoms with Crippen molar-refractivity contribution in [1.82, 2.24) is 20.8 Å². The standard InChI is InChI=1S/C15H25N5O/c1-15(2,3)17-9-8-16-14(21)12-6-7-13(19-18-12)20-10-4-5-11-20/h6-7,17H,4-5,8-11H2,1-3H3,(H,16,21). The fourth-order valence-corrected chi connectivity index (χ4v) is 2.27. The van der Waals surface area contributed by atoms with Crippen LogP contribution in [0.25, 0.3) is 0 Å². The number of nitrogens with zero attached hydrogens (tertiary/aromatic N) is 3. The molecule has 0 aromatic carbocycles. The molecule has 6 heteroatoms. The number of rotatable bonds is 5. The van der Waals surface area contributed by atoms with Crippen LogP contribution in [0.3, 0.4) is 0 Å². The maximum absolute atomic E-state index is 11.9. The summed E-state index contributed by atoms with van der Waals surface area (Å²) in [4.78, 5) is 14.1. The first-order valence-corrected chi connectivity index (χ1v) is 7.58. The predicted molar refractivity (Wildman–Crippen MR) is 83.6 cm³/mol. The number of carbonyl (C=O) groups is 1. The van der Waals surface area contributed by atoms with Gasteiger partial charge in [0.05, 0.1) is 0 Å². The summed E-state index contributed by atoms with van der Waals surface area (Å²) in [5.74, 6) is 0.685. The van der Waals surface area contributed by atoms with E-state index in [1.807, 2.05) is 6.07 Å². The molecule has 0 spiro atoms. The fraction of sp³-hybridized carbons (Fsp3) is 0.667. The van der Waals surface area contributed by atoms with Crippen LogP contribution in [0, 0.1) is 0 Å². The van der Waals surface area contributed by atoms with Crippen molar-refractivity contribution in [3.05, 3.63) is 17.8 Å². The highest BCUT2D eigenvalue weighted by Crippen LogP contribution is 2.16. The summed E-state index contributed by atoms with van der Waals surface area (Å²) >= 11 is 0. The van der Waals surface area contributed by atoms with Crippen LogP contribution in [-0.4, -0.2) is 47.8 Å². The molecule has 0 radical (unpaired) electrons. The third kappa shape index (κ3) is 4.97. The number of hydrogen-bond donors (Lipinski definition) is 2. The van der Waals surface area contributed by atoms with Gasteiger partial charge in [0, 0.05) is 31.7 Å². The first kappa shape index (κ1) is 15.7. The minimum atomic E-state index is -0.175. The van der Waals surface area contributed by atoms with Gasteiger partial charge in [-0.3, -0.25) is 4.79 Å². The van der Waals surface area contributed by atoms with Crippen LogP contribution >= 0.6 is 0 Å². The van der Waals surface area contributed by atoms with Crippen LogP contribution in [0.2, 0.25) is 0 Å². The van der Waals surface area contributed by atoms with Crippen molar-refractivity contribution in [1.29, 1.82) is 0 Å². The number of amides is 1. The Morgan fingerprint density at radius 1 is 1.19 bits per heavy atom. The van der Waals surface area contributed by atoms with Gasteiger partial charge in [0.2, 0.25) is 0 Å². The van der Waals surface area contributed by atoms with Gasteiger partial charge in [0.15, 0.2) is 11.5 Å². The Hall–Kier alpha value is -1.69. The second kappa shape index (κ2) is 6.85. The van der Waals surface area contributed by atoms with Crippen LogP contribution in [0.4, 0.5) is 5.82 Å². The Labute approximate surface area is 126 Å². The lowest BCUT2D eigenvalue weighted by Crippen LogP contribution is -2.41. The second-order valence-corrected chi connectivity index (χ2v) is 6.40. The van der Waals surface area contributed by atoms with E-state index in [2.05, 4.69) is 46.5 Å². The Morgan fingerprint density at radius 3 is 2.48 bits per heavy atom. The molecule has 1 aliphatic heterocycles. The SMILES string of the molecule is CC(C)(C)NCCNC(=O)c1ccc(N2CCCC2)nn1. The molecular formula is C15H25N5O. The molecule has 1 aliphatic rings. The highest BCUT2D eigenvalue weighted by molar-refractivity contribution is 5.92. The topological polar surface area (TPSA) is 70.2 Å². The third-order valence-corrected chi connectivity index (χ3v) is 3.38. The second-order valence-electron chi connectivity index (χ2n) is 6.40. The molecule has 6 nitrogen and oxygen atoms in total. The van der Waals surface area contributed by atoms with Gasteiger partial charge in [-0.1, -0.05) is 0 Å². The van der Waals surface area contributed by atoms with Gasteiger partial charge < -0.3 is 15.5 Å². The molecule has 1 aromatic heterocycles. The molecule has 0 saturated carbocycles. The number of anilines is 1. The van der Waals surface area contributed by atoms with Gasteiger partial charge in [-0.05, 0) is 45.7 Å². The highest BCUT2D eigenvalue weighted by Gasteiger charge is 2.15. The van der Waals surface area contributed by atoms with Crippen LogP contribution in [-0.2, 0) is 0 Å². The number of aromatic nitrogens is 2. The van der Waals surface area contributed by atoms with Crippen molar-refractivity contribution in [2.45, 2.75) is 39.2 Å². The highest BCUT2D eigenvalue weighted by atomic mass is 16.1. The zero-order valence-corrected chi connectivity index (χ0v) is 13.1. The van der Waals surface area contributed by atoms with Gasteiger partial charge in [-0.2, -0.15) is 0 Å². The van der Waals surface area contributed by atoms with E-state index < -0.39 is 0 Å². The van der Waals surface area contributed by atoms with Crippen LogP contribution in [0.15, 0.2) is 12.1 Å². The van der Waals surface area contributed by atoms with Crippen molar-refractivity contribution >= 4 is 11.7 Å². The maximum Gasteiger partial charge on any atom is 0.271 e. The lowest BCUT2D eigenvalue weighted by molar-refractivity contribution is 0.0947. The van der Waals surface area contributed by atoms with E-state index in [1.165, 1.54) is 12.8 Å². The van der Waals surface area contributed by atoms with E-state index >= 15 is 0 Å². The average Bonchev–Trinajstić information content (AvgIpc) is 2.96. The van der Waals surface area contributed by atoms with Crippen molar-refractivity contribution < 1.29 is 4.79 Å². The monoisotopic (exact) mass is 291 g/mol. The number of nitrogens with one attached hydrogen (secondary N) is 2. The quantitative estimate of drug-likeness (QED) is 0.798. The number of carbonyl (C=O) groups excluding carboxylic acids is 1. The van der Waals surface area contributed by atoms with Gasteiger partial charge in [0.1, 0.15) is 0 Å². The summed E-state index contributed by atoms with van der Waals surface area (Å²) in [6.45, 7) is 9.64. The molecule has 0 aliphatic carbocycles. The first-order valence-electron chi connectivity index (χ1n) is 7.58. The molecule has 0 bridgehead atoms.